The Hall–Kier alpha value is -3.80. The number of nitrogens with zero attached hydrogens (tertiary/aromatic N) is 3. The molecule has 0 bridgehead atoms. The monoisotopic (exact) mass is 385 g/mol. The number of carbonyl (C=O) groups excluding carboxylic acids is 2. The first-order valence-electron chi connectivity index (χ1n) is 9.29. The summed E-state index contributed by atoms with van der Waals surface area (Å²) >= 11 is 0. The molecule has 1 saturated heterocycles. The molecular formula is C23H19N3O3. The lowest BCUT2D eigenvalue weighted by molar-refractivity contribution is -0.139. The average molecular weight is 385 g/mol. The molecule has 1 amide bonds. The molecule has 0 saturated carbocycles. The highest BCUT2D eigenvalue weighted by Crippen LogP contribution is 2.39. The Kier molecular flexibility index (Phi) is 5.16. The van der Waals surface area contributed by atoms with E-state index >= 15 is 0 Å². The van der Waals surface area contributed by atoms with Gasteiger partial charge in [-0.25, -0.2) is 0 Å². The molecule has 6 nitrogen and oxygen atoms in total. The summed E-state index contributed by atoms with van der Waals surface area (Å²) in [5, 5.41) is 10.9. The Bertz CT molecular complexity index is 1050. The molecule has 144 valence electrons. The number of Topliss-reactive ketones (excluding diaryl/α,β-unsaturated/α-hetero) is 1. The second-order valence-electron chi connectivity index (χ2n) is 6.75. The van der Waals surface area contributed by atoms with Gasteiger partial charge in [-0.2, -0.15) is 0 Å². The van der Waals surface area contributed by atoms with Crippen LogP contribution in [-0.2, 0) is 16.0 Å². The number of benzene rings is 1. The fourth-order valence-electron chi connectivity index (χ4n) is 3.55. The van der Waals surface area contributed by atoms with E-state index in [4.69, 9.17) is 0 Å². The molecule has 3 aromatic rings. The lowest BCUT2D eigenvalue weighted by Crippen LogP contribution is -2.31. The van der Waals surface area contributed by atoms with Gasteiger partial charge in [0.05, 0.1) is 11.6 Å². The van der Waals surface area contributed by atoms with Crippen LogP contribution in [0.5, 0.6) is 0 Å². The Balaban J connectivity index is 1.76. The average Bonchev–Trinajstić information content (AvgIpc) is 3.04. The second kappa shape index (κ2) is 8.06. The van der Waals surface area contributed by atoms with Crippen molar-refractivity contribution in [2.45, 2.75) is 12.5 Å². The minimum absolute atomic E-state index is 0.0715. The van der Waals surface area contributed by atoms with Crippen LogP contribution in [0.3, 0.4) is 0 Å². The third-order valence-corrected chi connectivity index (χ3v) is 4.98. The van der Waals surface area contributed by atoms with Crippen molar-refractivity contribution in [2.24, 2.45) is 0 Å². The largest absolute Gasteiger partial charge is 0.507 e. The van der Waals surface area contributed by atoms with Crippen LogP contribution in [0.4, 0.5) is 0 Å². The number of rotatable bonds is 5. The lowest BCUT2D eigenvalue weighted by atomic mass is 9.96. The highest BCUT2D eigenvalue weighted by Gasteiger charge is 2.45. The van der Waals surface area contributed by atoms with Gasteiger partial charge in [0.2, 0.25) is 0 Å². The van der Waals surface area contributed by atoms with Crippen LogP contribution in [0.2, 0.25) is 0 Å². The van der Waals surface area contributed by atoms with Crippen molar-refractivity contribution in [3.63, 3.8) is 0 Å². The number of amides is 1. The molecule has 1 unspecified atom stereocenters. The van der Waals surface area contributed by atoms with Crippen molar-refractivity contribution < 1.29 is 14.7 Å². The summed E-state index contributed by atoms with van der Waals surface area (Å²) < 4.78 is 0. The number of hydrogen-bond donors (Lipinski definition) is 1. The van der Waals surface area contributed by atoms with Crippen LogP contribution in [0.15, 0.2) is 85.0 Å². The molecule has 1 aliphatic heterocycles. The zero-order chi connectivity index (χ0) is 20.2. The fraction of sp³-hybridized carbons (Fsp3) is 0.130. The minimum atomic E-state index is -0.694. The third-order valence-electron chi connectivity index (χ3n) is 4.98. The van der Waals surface area contributed by atoms with Crippen molar-refractivity contribution in [2.75, 3.05) is 6.54 Å². The van der Waals surface area contributed by atoms with Crippen LogP contribution in [0, 0.1) is 0 Å². The van der Waals surface area contributed by atoms with Crippen molar-refractivity contribution in [3.05, 3.63) is 102 Å². The van der Waals surface area contributed by atoms with E-state index in [0.29, 0.717) is 24.1 Å². The zero-order valence-corrected chi connectivity index (χ0v) is 15.6. The quantitative estimate of drug-likeness (QED) is 0.414. The van der Waals surface area contributed by atoms with E-state index in [9.17, 15) is 14.7 Å². The zero-order valence-electron chi connectivity index (χ0n) is 15.6. The molecule has 0 radical (unpaired) electrons. The molecule has 1 N–H and O–H groups in total. The predicted molar refractivity (Wildman–Crippen MR) is 108 cm³/mol. The number of aliphatic hydroxyl groups is 1. The summed E-state index contributed by atoms with van der Waals surface area (Å²) in [4.78, 5) is 35.3. The molecule has 29 heavy (non-hydrogen) atoms. The molecular weight excluding hydrogens is 366 g/mol. The normalized spacial score (nSPS) is 18.2. The number of carbonyl (C=O) groups is 2. The van der Waals surface area contributed by atoms with Crippen molar-refractivity contribution in [1.29, 1.82) is 0 Å². The molecule has 1 fully saturated rings. The van der Waals surface area contributed by atoms with E-state index in [1.807, 2.05) is 30.3 Å². The van der Waals surface area contributed by atoms with Gasteiger partial charge in [0.1, 0.15) is 5.76 Å². The first-order chi connectivity index (χ1) is 14.2. The van der Waals surface area contributed by atoms with Gasteiger partial charge >= 0.3 is 0 Å². The van der Waals surface area contributed by atoms with Gasteiger partial charge in [0, 0.05) is 36.9 Å². The number of pyridine rings is 2. The Morgan fingerprint density at radius 3 is 2.38 bits per heavy atom. The molecule has 0 aliphatic carbocycles. The second-order valence-corrected chi connectivity index (χ2v) is 6.75. The molecule has 2 aromatic heterocycles. The Labute approximate surface area is 168 Å². The molecule has 1 aromatic carbocycles. The standard InChI is InChI=1S/C23H19N3O3/c27-21(17-8-12-24-13-9-17)19-20(18-7-4-11-25-15-18)26(23(29)22(19)28)14-10-16-5-2-1-3-6-16/h1-9,11-13,15,20,27H,10,14H2. The number of aliphatic hydroxyl groups excluding tert-OH is 1. The van der Waals surface area contributed by atoms with Gasteiger partial charge in [0.25, 0.3) is 11.7 Å². The number of aromatic nitrogens is 2. The summed E-state index contributed by atoms with van der Waals surface area (Å²) in [5.41, 5.74) is 2.25. The smallest absolute Gasteiger partial charge is 0.295 e. The third kappa shape index (κ3) is 3.65. The van der Waals surface area contributed by atoms with Crippen LogP contribution < -0.4 is 0 Å². The lowest BCUT2D eigenvalue weighted by Gasteiger charge is -2.25. The topological polar surface area (TPSA) is 83.4 Å². The first kappa shape index (κ1) is 18.6. The summed E-state index contributed by atoms with van der Waals surface area (Å²) in [6.07, 6.45) is 6.90. The van der Waals surface area contributed by atoms with Gasteiger partial charge in [-0.1, -0.05) is 36.4 Å². The van der Waals surface area contributed by atoms with E-state index in [1.54, 1.807) is 36.7 Å². The number of hydrogen-bond acceptors (Lipinski definition) is 5. The van der Waals surface area contributed by atoms with Gasteiger partial charge in [-0.15, -0.1) is 0 Å². The van der Waals surface area contributed by atoms with Crippen molar-refractivity contribution in [1.82, 2.24) is 14.9 Å². The Morgan fingerprint density at radius 2 is 1.69 bits per heavy atom. The summed E-state index contributed by atoms with van der Waals surface area (Å²) in [5.74, 6) is -1.52. The molecule has 1 atom stereocenters. The maximum atomic E-state index is 12.9. The summed E-state index contributed by atoms with van der Waals surface area (Å²) in [7, 11) is 0. The van der Waals surface area contributed by atoms with Crippen LogP contribution in [0.1, 0.15) is 22.7 Å². The minimum Gasteiger partial charge on any atom is -0.507 e. The van der Waals surface area contributed by atoms with E-state index in [0.717, 1.165) is 5.56 Å². The van der Waals surface area contributed by atoms with Gasteiger partial charge in [0.15, 0.2) is 0 Å². The van der Waals surface area contributed by atoms with Crippen molar-refractivity contribution >= 4 is 17.4 Å². The van der Waals surface area contributed by atoms with Crippen molar-refractivity contribution in [3.8, 4) is 0 Å². The van der Waals surface area contributed by atoms with Crippen LogP contribution in [-0.4, -0.2) is 38.2 Å². The van der Waals surface area contributed by atoms with Gasteiger partial charge < -0.3 is 10.0 Å². The van der Waals surface area contributed by atoms with E-state index in [-0.39, 0.29) is 11.3 Å². The SMILES string of the molecule is O=C1C(=O)N(CCc2ccccc2)C(c2cccnc2)C1=C(O)c1ccncc1. The van der Waals surface area contributed by atoms with Gasteiger partial charge in [-0.05, 0) is 35.7 Å². The van der Waals surface area contributed by atoms with Gasteiger partial charge in [-0.3, -0.25) is 19.6 Å². The molecule has 6 heteroatoms. The highest BCUT2D eigenvalue weighted by atomic mass is 16.3. The molecule has 1 aliphatic rings. The van der Waals surface area contributed by atoms with Crippen LogP contribution >= 0.6 is 0 Å². The van der Waals surface area contributed by atoms with E-state index in [1.165, 1.54) is 17.3 Å². The number of likely N-dealkylation sites (tertiary alicyclic amines) is 1. The van der Waals surface area contributed by atoms with Crippen LogP contribution in [0.25, 0.3) is 5.76 Å². The molecule has 0 spiro atoms. The Morgan fingerprint density at radius 1 is 0.931 bits per heavy atom. The highest BCUT2D eigenvalue weighted by molar-refractivity contribution is 6.46. The molecule has 4 rings (SSSR count). The first-order valence-corrected chi connectivity index (χ1v) is 9.29. The fourth-order valence-corrected chi connectivity index (χ4v) is 3.55. The predicted octanol–water partition coefficient (Wildman–Crippen LogP) is 3.14. The summed E-state index contributed by atoms with van der Waals surface area (Å²) in [6, 6.07) is 15.8. The number of ketones is 1. The maximum absolute atomic E-state index is 12.9. The van der Waals surface area contributed by atoms with E-state index < -0.39 is 17.7 Å². The maximum Gasteiger partial charge on any atom is 0.295 e. The molecule has 3 heterocycles. The summed E-state index contributed by atoms with van der Waals surface area (Å²) in [6.45, 7) is 0.348. The van der Waals surface area contributed by atoms with E-state index in [2.05, 4.69) is 9.97 Å².